The molecule has 10 nitrogen and oxygen atoms in total. The fraction of sp³-hybridized carbons (Fsp3) is 1.00. The molecule has 0 aliphatic heterocycles. The molecule has 1 unspecified atom stereocenters. The number of aliphatic hydroxyl groups excluding tert-OH is 1. The van der Waals surface area contributed by atoms with Gasteiger partial charge in [-0.1, -0.05) is 0 Å². The maximum absolute atomic E-state index is 8.59. The summed E-state index contributed by atoms with van der Waals surface area (Å²) in [6.07, 6.45) is 0.899. The quantitative estimate of drug-likeness (QED) is 0.107. The highest BCUT2D eigenvalue weighted by atomic mass is 28.5. The third-order valence-corrected chi connectivity index (χ3v) is 18.1. The number of hydrogen-bond acceptors (Lipinski definition) is 10. The topological polar surface area (TPSA) is 103 Å². The first kappa shape index (κ1) is 38.5. The van der Waals surface area contributed by atoms with Gasteiger partial charge in [-0.25, -0.2) is 0 Å². The molecule has 0 fully saturated rings. The Morgan fingerprint density at radius 1 is 0.421 bits per heavy atom. The minimum Gasteiger partial charge on any atom is -0.437 e. The van der Waals surface area contributed by atoms with Crippen molar-refractivity contribution in [3.63, 3.8) is 0 Å². The summed E-state index contributed by atoms with van der Waals surface area (Å²) >= 11 is 0. The Kier molecular flexibility index (Phi) is 21.5. The maximum atomic E-state index is 8.59. The van der Waals surface area contributed by atoms with Gasteiger partial charge in [-0.3, -0.25) is 0 Å². The van der Waals surface area contributed by atoms with Crippen molar-refractivity contribution in [3.8, 4) is 0 Å². The van der Waals surface area contributed by atoms with Crippen LogP contribution in [-0.4, -0.2) is 125 Å². The van der Waals surface area contributed by atoms with E-state index in [2.05, 4.69) is 58.9 Å². The van der Waals surface area contributed by atoms with Crippen molar-refractivity contribution < 1.29 is 45.9 Å². The van der Waals surface area contributed by atoms with Gasteiger partial charge in [-0.15, -0.1) is 0 Å². The maximum Gasteiger partial charge on any atom is 0.315 e. The van der Waals surface area contributed by atoms with Gasteiger partial charge in [0, 0.05) is 6.61 Å². The second kappa shape index (κ2) is 21.2. The zero-order valence-corrected chi connectivity index (χ0v) is 29.7. The normalized spacial score (nSPS) is 14.7. The molecule has 0 radical (unpaired) electrons. The summed E-state index contributed by atoms with van der Waals surface area (Å²) in [4.78, 5) is 0. The van der Waals surface area contributed by atoms with E-state index >= 15 is 0 Å². The van der Waals surface area contributed by atoms with Crippen LogP contribution in [0.1, 0.15) is 6.42 Å². The van der Waals surface area contributed by atoms with Crippen molar-refractivity contribution in [2.24, 2.45) is 0 Å². The summed E-state index contributed by atoms with van der Waals surface area (Å²) in [6.45, 7) is 26.0. The third-order valence-electron chi connectivity index (χ3n) is 4.55. The van der Waals surface area contributed by atoms with Gasteiger partial charge in [-0.05, 0) is 71.4 Å². The van der Waals surface area contributed by atoms with Crippen LogP contribution in [0.5, 0.6) is 0 Å². The zero-order valence-electron chi connectivity index (χ0n) is 25.7. The Morgan fingerprint density at radius 3 is 1.11 bits per heavy atom. The number of hydrogen-bond donors (Lipinski definition) is 1. The van der Waals surface area contributed by atoms with Crippen LogP contribution in [0.15, 0.2) is 0 Å². The first-order valence-corrected chi connectivity index (χ1v) is 26.0. The number of ether oxygens (including phenoxy) is 6. The molecule has 1 atom stereocenters. The van der Waals surface area contributed by atoms with Gasteiger partial charge < -0.3 is 45.9 Å². The highest BCUT2D eigenvalue weighted by molar-refractivity contribution is 6.89. The zero-order chi connectivity index (χ0) is 29.0. The van der Waals surface area contributed by atoms with E-state index in [1.54, 1.807) is 0 Å². The highest BCUT2D eigenvalue weighted by Gasteiger charge is 2.44. The van der Waals surface area contributed by atoms with E-state index in [0.29, 0.717) is 79.3 Å². The smallest absolute Gasteiger partial charge is 0.315 e. The van der Waals surface area contributed by atoms with Crippen molar-refractivity contribution in [1.29, 1.82) is 0 Å². The molecular weight excluding hydrogens is 561 g/mol. The molecule has 0 rings (SSSR count). The lowest BCUT2D eigenvalue weighted by Crippen LogP contribution is -2.56. The molecule has 0 saturated carbocycles. The van der Waals surface area contributed by atoms with Crippen LogP contribution in [0.2, 0.25) is 65.0 Å². The Labute approximate surface area is 236 Å². The number of aliphatic hydroxyl groups is 1. The molecule has 0 aromatic carbocycles. The summed E-state index contributed by atoms with van der Waals surface area (Å²) < 4.78 is 52.5. The molecule has 230 valence electrons. The van der Waals surface area contributed by atoms with E-state index in [1.807, 2.05) is 0 Å². The first-order chi connectivity index (χ1) is 17.7. The Bertz CT molecular complexity index is 561. The molecule has 0 heterocycles. The molecule has 0 aromatic rings. The lowest BCUT2D eigenvalue weighted by Gasteiger charge is -2.41. The molecule has 0 amide bonds. The summed E-state index contributed by atoms with van der Waals surface area (Å²) in [5.74, 6) is 0. The van der Waals surface area contributed by atoms with Crippen LogP contribution in [0, 0.1) is 0 Å². The van der Waals surface area contributed by atoms with E-state index in [4.69, 9.17) is 45.9 Å². The monoisotopic (exact) mass is 618 g/mol. The summed E-state index contributed by atoms with van der Waals surface area (Å²) in [5.41, 5.74) is 0. The van der Waals surface area contributed by atoms with Gasteiger partial charge in [0.15, 0.2) is 16.6 Å². The first-order valence-electron chi connectivity index (χ1n) is 13.9. The second-order valence-electron chi connectivity index (χ2n) is 11.6. The second-order valence-corrected chi connectivity index (χ2v) is 28.0. The Balaban J connectivity index is 3.82. The molecule has 0 aliphatic carbocycles. The summed E-state index contributed by atoms with van der Waals surface area (Å²) in [6, 6.07) is 0.894. The van der Waals surface area contributed by atoms with Crippen molar-refractivity contribution in [1.82, 2.24) is 0 Å². The minimum absolute atomic E-state index is 0.0315. The molecule has 38 heavy (non-hydrogen) atoms. The molecule has 0 aromatic heterocycles. The fourth-order valence-corrected chi connectivity index (χ4v) is 21.7. The highest BCUT2D eigenvalue weighted by Crippen LogP contribution is 2.27. The lowest BCUT2D eigenvalue weighted by molar-refractivity contribution is -0.0181. The number of rotatable bonds is 27. The van der Waals surface area contributed by atoms with Crippen LogP contribution in [-0.2, 0) is 40.8 Å². The van der Waals surface area contributed by atoms with Crippen molar-refractivity contribution in [2.75, 3.05) is 85.9 Å². The van der Waals surface area contributed by atoms with Gasteiger partial charge in [0.1, 0.15) is 0 Å². The molecule has 0 saturated heterocycles. The van der Waals surface area contributed by atoms with Crippen LogP contribution >= 0.6 is 0 Å². The van der Waals surface area contributed by atoms with E-state index in [-0.39, 0.29) is 6.61 Å². The van der Waals surface area contributed by atoms with Crippen LogP contribution < -0.4 is 0 Å². The van der Waals surface area contributed by atoms with E-state index < -0.39 is 33.8 Å². The molecule has 0 aliphatic rings. The average Bonchev–Trinajstić information content (AvgIpc) is 2.74. The largest absolute Gasteiger partial charge is 0.437 e. The standard InChI is InChI=1S/C24H58O10Si4/c1-35(2,3)32-37(7,8)34-38(9,33-36(4,5)6)24-10-12-26-14-16-28-18-20-30-22-23-31-21-19-29-17-15-27-13-11-25/h25H,10-24H2,1-9H3. The van der Waals surface area contributed by atoms with Crippen molar-refractivity contribution in [2.45, 2.75) is 71.4 Å². The lowest BCUT2D eigenvalue weighted by atomic mass is 10.5. The van der Waals surface area contributed by atoms with Gasteiger partial charge in [0.2, 0.25) is 0 Å². The van der Waals surface area contributed by atoms with Gasteiger partial charge in [0.05, 0.1) is 79.3 Å². The average molecular weight is 619 g/mol. The van der Waals surface area contributed by atoms with Crippen LogP contribution in [0.3, 0.4) is 0 Å². The minimum atomic E-state index is -2.37. The summed E-state index contributed by atoms with van der Waals surface area (Å²) in [5, 5.41) is 8.59. The fourth-order valence-electron chi connectivity index (χ4n) is 3.81. The van der Waals surface area contributed by atoms with E-state index in [9.17, 15) is 0 Å². The van der Waals surface area contributed by atoms with E-state index in [0.717, 1.165) is 12.5 Å². The molecule has 0 spiro atoms. The Hall–Kier alpha value is 0.468. The van der Waals surface area contributed by atoms with Gasteiger partial charge in [0.25, 0.3) is 0 Å². The molecule has 14 heteroatoms. The SMILES string of the molecule is C[Si](C)(C)O[Si](C)(C)O[Si](C)(CCCOCCOCCOCCOCCOCCOCCO)O[Si](C)(C)C. The summed E-state index contributed by atoms with van der Waals surface area (Å²) in [7, 11) is -8.07. The van der Waals surface area contributed by atoms with E-state index in [1.165, 1.54) is 0 Å². The molecular formula is C24H58O10Si4. The molecule has 1 N–H and O–H groups in total. The van der Waals surface area contributed by atoms with Gasteiger partial charge >= 0.3 is 17.1 Å². The van der Waals surface area contributed by atoms with Crippen molar-refractivity contribution >= 4 is 33.8 Å². The predicted octanol–water partition coefficient (Wildman–Crippen LogP) is 3.96. The predicted molar refractivity (Wildman–Crippen MR) is 160 cm³/mol. The third kappa shape index (κ3) is 26.7. The van der Waals surface area contributed by atoms with Crippen molar-refractivity contribution in [3.05, 3.63) is 0 Å². The van der Waals surface area contributed by atoms with Gasteiger partial charge in [-0.2, -0.15) is 0 Å². The Morgan fingerprint density at radius 2 is 0.763 bits per heavy atom. The van der Waals surface area contributed by atoms with Crippen LogP contribution in [0.4, 0.5) is 0 Å². The van der Waals surface area contributed by atoms with Crippen LogP contribution in [0.25, 0.3) is 0 Å². The molecule has 0 bridgehead atoms.